The summed E-state index contributed by atoms with van der Waals surface area (Å²) < 4.78 is 44.1. The van der Waals surface area contributed by atoms with Crippen molar-refractivity contribution in [3.05, 3.63) is 53.2 Å². The fraction of sp³-hybridized carbons (Fsp3) is 0.188. The molecule has 0 radical (unpaired) electrons. The van der Waals surface area contributed by atoms with Crippen LogP contribution in [0.4, 0.5) is 19.0 Å². The van der Waals surface area contributed by atoms with E-state index in [1.54, 1.807) is 31.3 Å². The number of amidine groups is 1. The first-order valence-corrected chi connectivity index (χ1v) is 7.45. The van der Waals surface area contributed by atoms with Gasteiger partial charge in [0.15, 0.2) is 17.8 Å². The van der Waals surface area contributed by atoms with Gasteiger partial charge in [-0.3, -0.25) is 0 Å². The first-order chi connectivity index (χ1) is 11.8. The highest BCUT2D eigenvalue weighted by Crippen LogP contribution is 2.34. The Morgan fingerprint density at radius 1 is 1.32 bits per heavy atom. The van der Waals surface area contributed by atoms with E-state index in [9.17, 15) is 13.2 Å². The van der Waals surface area contributed by atoms with Gasteiger partial charge in [-0.2, -0.15) is 13.2 Å². The summed E-state index contributed by atoms with van der Waals surface area (Å²) in [4.78, 5) is 12.1. The van der Waals surface area contributed by atoms with Crippen LogP contribution in [0.3, 0.4) is 0 Å². The molecule has 1 heterocycles. The zero-order chi connectivity index (χ0) is 18.4. The topological polar surface area (TPSA) is 72.9 Å². The summed E-state index contributed by atoms with van der Waals surface area (Å²) in [5.41, 5.74) is 4.39. The Kier molecular flexibility index (Phi) is 5.97. The maximum atomic E-state index is 12.9. The predicted molar refractivity (Wildman–Crippen MR) is 90.6 cm³/mol. The number of halogens is 4. The zero-order valence-corrected chi connectivity index (χ0v) is 13.8. The van der Waals surface area contributed by atoms with E-state index in [4.69, 9.17) is 22.1 Å². The van der Waals surface area contributed by atoms with Crippen molar-refractivity contribution in [2.24, 2.45) is 15.7 Å². The summed E-state index contributed by atoms with van der Waals surface area (Å²) in [6, 6.07) is 8.04. The molecule has 9 heteroatoms. The van der Waals surface area contributed by atoms with Crippen LogP contribution in [0.1, 0.15) is 12.5 Å². The molecule has 1 unspecified atom stereocenters. The van der Waals surface area contributed by atoms with Gasteiger partial charge in [0.05, 0.1) is 11.9 Å². The molecule has 5 nitrogen and oxygen atoms in total. The van der Waals surface area contributed by atoms with E-state index in [1.165, 1.54) is 6.07 Å². The van der Waals surface area contributed by atoms with Crippen molar-refractivity contribution >= 4 is 29.6 Å². The first kappa shape index (κ1) is 18.7. The summed E-state index contributed by atoms with van der Waals surface area (Å²) in [5.74, 6) is 0.448. The van der Waals surface area contributed by atoms with E-state index >= 15 is 0 Å². The highest BCUT2D eigenvalue weighted by atomic mass is 35.5. The number of nitrogens with zero attached hydrogens (tertiary/aromatic N) is 3. The van der Waals surface area contributed by atoms with Gasteiger partial charge >= 0.3 is 6.18 Å². The third kappa shape index (κ3) is 5.46. The second-order valence-corrected chi connectivity index (χ2v) is 5.31. The molecular weight excluding hydrogens is 357 g/mol. The third-order valence-corrected chi connectivity index (χ3v) is 3.18. The van der Waals surface area contributed by atoms with E-state index in [2.05, 4.69) is 15.0 Å². The molecule has 2 N–H and O–H groups in total. The molecule has 0 spiro atoms. The van der Waals surface area contributed by atoms with Gasteiger partial charge in [-0.25, -0.2) is 15.0 Å². The summed E-state index contributed by atoms with van der Waals surface area (Å²) in [6.45, 7) is 1.57. The largest absolute Gasteiger partial charge is 0.483 e. The maximum absolute atomic E-state index is 12.9. The van der Waals surface area contributed by atoms with Gasteiger partial charge in [0.1, 0.15) is 5.75 Å². The van der Waals surface area contributed by atoms with Gasteiger partial charge in [0, 0.05) is 11.2 Å². The lowest BCUT2D eigenvalue weighted by Crippen LogP contribution is -2.23. The number of pyridine rings is 1. The van der Waals surface area contributed by atoms with Crippen molar-refractivity contribution in [1.29, 1.82) is 0 Å². The van der Waals surface area contributed by atoms with Crippen LogP contribution >= 0.6 is 11.6 Å². The Balaban J connectivity index is 2.29. The SMILES string of the molecule is CC(Oc1cc(Cl)cc(C(F)(F)F)c1)/C(N=CN)=N\c1ccccn1. The molecule has 0 aliphatic rings. The molecule has 0 aliphatic carbocycles. The van der Waals surface area contributed by atoms with Gasteiger partial charge < -0.3 is 10.5 Å². The number of benzene rings is 1. The van der Waals surface area contributed by atoms with Crippen LogP contribution in [0.15, 0.2) is 52.6 Å². The van der Waals surface area contributed by atoms with Gasteiger partial charge in [-0.05, 0) is 37.3 Å². The molecule has 0 fully saturated rings. The Morgan fingerprint density at radius 2 is 2.08 bits per heavy atom. The van der Waals surface area contributed by atoms with Crippen LogP contribution in [0.2, 0.25) is 5.02 Å². The minimum atomic E-state index is -4.54. The summed E-state index contributed by atoms with van der Waals surface area (Å²) in [7, 11) is 0. The molecule has 25 heavy (non-hydrogen) atoms. The lowest BCUT2D eigenvalue weighted by Gasteiger charge is -2.16. The monoisotopic (exact) mass is 370 g/mol. The number of alkyl halides is 3. The Morgan fingerprint density at radius 3 is 2.68 bits per heavy atom. The van der Waals surface area contributed by atoms with Gasteiger partial charge in [0.2, 0.25) is 0 Å². The standard InChI is InChI=1S/C16H14ClF3N4O/c1-10(15(23-9-21)24-14-4-2-3-5-22-14)25-13-7-11(16(18,19)20)6-12(17)8-13/h2-10H,1H3,(H2,21,22,23,24). The normalized spacial score (nSPS) is 13.9. The van der Waals surface area contributed by atoms with E-state index < -0.39 is 17.8 Å². The lowest BCUT2D eigenvalue weighted by atomic mass is 10.2. The average molecular weight is 371 g/mol. The van der Waals surface area contributed by atoms with Gasteiger partial charge in [-0.1, -0.05) is 17.7 Å². The third-order valence-electron chi connectivity index (χ3n) is 2.96. The number of aliphatic imine (C=N–C) groups is 2. The van der Waals surface area contributed by atoms with Crippen LogP contribution in [-0.4, -0.2) is 23.3 Å². The minimum absolute atomic E-state index is 0.0618. The number of hydrogen-bond donors (Lipinski definition) is 1. The van der Waals surface area contributed by atoms with Crippen molar-refractivity contribution in [3.63, 3.8) is 0 Å². The molecule has 0 amide bonds. The quantitative estimate of drug-likeness (QED) is 0.646. The number of ether oxygens (including phenoxy) is 1. The second-order valence-electron chi connectivity index (χ2n) is 4.87. The Labute approximate surface area is 147 Å². The molecule has 2 rings (SSSR count). The highest BCUT2D eigenvalue weighted by Gasteiger charge is 2.31. The fourth-order valence-corrected chi connectivity index (χ4v) is 2.11. The van der Waals surface area contributed by atoms with Crippen LogP contribution in [0.5, 0.6) is 5.75 Å². The number of nitrogens with two attached hydrogens (primary N) is 1. The van der Waals surface area contributed by atoms with Crippen molar-refractivity contribution in [1.82, 2.24) is 4.98 Å². The van der Waals surface area contributed by atoms with Crippen LogP contribution in [0.25, 0.3) is 0 Å². The maximum Gasteiger partial charge on any atom is 0.416 e. The Bertz CT molecular complexity index is 779. The van der Waals surface area contributed by atoms with Crippen molar-refractivity contribution in [3.8, 4) is 5.75 Å². The molecule has 0 saturated heterocycles. The van der Waals surface area contributed by atoms with Crippen molar-refractivity contribution in [2.45, 2.75) is 19.2 Å². The molecule has 2 aromatic rings. The minimum Gasteiger partial charge on any atom is -0.483 e. The number of aromatic nitrogens is 1. The molecule has 0 bridgehead atoms. The Hall–Kier alpha value is -2.61. The van der Waals surface area contributed by atoms with Crippen LogP contribution in [-0.2, 0) is 6.18 Å². The van der Waals surface area contributed by atoms with E-state index in [1.807, 2.05) is 0 Å². The number of rotatable bonds is 4. The predicted octanol–water partition coefficient (Wildman–Crippen LogP) is 4.24. The van der Waals surface area contributed by atoms with Gasteiger partial charge in [0.25, 0.3) is 0 Å². The summed E-state index contributed by atoms with van der Waals surface area (Å²) in [5, 5.41) is -0.0948. The molecule has 1 atom stereocenters. The average Bonchev–Trinajstić information content (AvgIpc) is 2.54. The lowest BCUT2D eigenvalue weighted by molar-refractivity contribution is -0.137. The van der Waals surface area contributed by atoms with Crippen molar-refractivity contribution in [2.75, 3.05) is 0 Å². The molecule has 1 aromatic heterocycles. The smallest absolute Gasteiger partial charge is 0.416 e. The van der Waals surface area contributed by atoms with E-state index in [0.29, 0.717) is 5.82 Å². The molecule has 0 aliphatic heterocycles. The molecular formula is C16H14ClF3N4O. The van der Waals surface area contributed by atoms with Crippen molar-refractivity contribution < 1.29 is 17.9 Å². The van der Waals surface area contributed by atoms with E-state index in [0.717, 1.165) is 18.5 Å². The first-order valence-electron chi connectivity index (χ1n) is 7.08. The molecule has 1 aromatic carbocycles. The summed E-state index contributed by atoms with van der Waals surface area (Å²) in [6.07, 6.45) is -2.77. The fourth-order valence-electron chi connectivity index (χ4n) is 1.89. The summed E-state index contributed by atoms with van der Waals surface area (Å²) >= 11 is 5.74. The van der Waals surface area contributed by atoms with E-state index in [-0.39, 0.29) is 16.6 Å². The second kappa shape index (κ2) is 7.98. The van der Waals surface area contributed by atoms with Gasteiger partial charge in [-0.15, -0.1) is 0 Å². The number of hydrogen-bond acceptors (Lipinski definition) is 3. The zero-order valence-electron chi connectivity index (χ0n) is 13.0. The van der Waals surface area contributed by atoms with Crippen LogP contribution in [0, 0.1) is 0 Å². The van der Waals surface area contributed by atoms with Crippen LogP contribution < -0.4 is 10.5 Å². The molecule has 0 saturated carbocycles. The highest BCUT2D eigenvalue weighted by molar-refractivity contribution is 6.30. The molecule has 132 valence electrons.